The molecule has 0 unspecified atom stereocenters. The molecule has 2 aliphatic heterocycles. The van der Waals surface area contributed by atoms with Gasteiger partial charge in [-0.25, -0.2) is 0 Å². The van der Waals surface area contributed by atoms with Gasteiger partial charge in [0.15, 0.2) is 0 Å². The molecule has 2 nitrogen and oxygen atoms in total. The third-order valence-electron chi connectivity index (χ3n) is 9.25. The lowest BCUT2D eigenvalue weighted by Crippen LogP contribution is -2.35. The molecular weight excluding hydrogens is 575 g/mol. The van der Waals surface area contributed by atoms with Gasteiger partial charge in [0.1, 0.15) is 23.0 Å². The van der Waals surface area contributed by atoms with Crippen LogP contribution in [0.4, 0.5) is 0 Å². The fourth-order valence-corrected chi connectivity index (χ4v) is 11.7. The minimum atomic E-state index is -2.54. The third-order valence-corrected chi connectivity index (χ3v) is 14.1. The van der Waals surface area contributed by atoms with Gasteiger partial charge in [-0.15, -0.1) is 0 Å². The average Bonchev–Trinajstić information content (AvgIpc) is 3.07. The Morgan fingerprint density at radius 2 is 0.909 bits per heavy atom. The zero-order valence-corrected chi connectivity index (χ0v) is 25.2. The summed E-state index contributed by atoms with van der Waals surface area (Å²) in [5.74, 6) is 3.32. The van der Waals surface area contributed by atoms with Crippen LogP contribution in [0.25, 0.3) is 54.2 Å². The number of fused-ring (bicyclic) bond motifs is 11. The summed E-state index contributed by atoms with van der Waals surface area (Å²) in [6.45, 7) is 0. The zero-order chi connectivity index (χ0) is 29.0. The van der Waals surface area contributed by atoms with Crippen LogP contribution in [-0.4, -0.2) is 0 Å². The summed E-state index contributed by atoms with van der Waals surface area (Å²) in [5, 5.41) is 12.5. The molecule has 44 heavy (non-hydrogen) atoms. The first-order valence-corrected chi connectivity index (χ1v) is 17.6. The van der Waals surface area contributed by atoms with Crippen LogP contribution < -0.4 is 25.4 Å². The molecule has 2 heterocycles. The molecule has 0 bridgehead atoms. The number of rotatable bonds is 1. The van der Waals surface area contributed by atoms with Gasteiger partial charge in [0.2, 0.25) is 0 Å². The molecule has 10 rings (SSSR count). The van der Waals surface area contributed by atoms with Crippen LogP contribution in [0.2, 0.25) is 0 Å². The van der Waals surface area contributed by atoms with Crippen molar-refractivity contribution >= 4 is 76.8 Å². The highest BCUT2D eigenvalue weighted by Gasteiger charge is 2.44. The minimum Gasteiger partial charge on any atom is -0.455 e. The molecule has 8 aromatic carbocycles. The van der Waals surface area contributed by atoms with Gasteiger partial charge in [-0.3, -0.25) is 0 Å². The minimum absolute atomic E-state index is 0.792. The van der Waals surface area contributed by atoms with Crippen molar-refractivity contribution in [2.24, 2.45) is 0 Å². The Bertz CT molecular complexity index is 2490. The topological polar surface area (TPSA) is 18.5 Å². The molecule has 8 aromatic rings. The van der Waals surface area contributed by atoms with Crippen LogP contribution in [0.5, 0.6) is 23.0 Å². The molecular formula is C40H23O2PS. The molecule has 0 aromatic heterocycles. The van der Waals surface area contributed by atoms with Crippen molar-refractivity contribution in [2.75, 3.05) is 0 Å². The Kier molecular flexibility index (Phi) is 4.90. The Morgan fingerprint density at radius 1 is 0.432 bits per heavy atom. The van der Waals surface area contributed by atoms with Gasteiger partial charge < -0.3 is 9.47 Å². The van der Waals surface area contributed by atoms with E-state index < -0.39 is 6.04 Å². The standard InChI is InChI=1S/C40H23O2PS/c44-43-36-19-17-24-9-1-5-13-29(24)38(36)41-34-22-27(33-21-26-11-3-4-12-28(26)31-15-7-8-16-32(31)33)23-35(40(34)43)42-39-30-14-6-2-10-25(30)18-20-37(39)43/h1-23H. The van der Waals surface area contributed by atoms with E-state index in [1.54, 1.807) is 0 Å². The van der Waals surface area contributed by atoms with Crippen molar-refractivity contribution in [3.05, 3.63) is 140 Å². The lowest BCUT2D eigenvalue weighted by Gasteiger charge is -2.38. The molecule has 0 fully saturated rings. The van der Waals surface area contributed by atoms with Gasteiger partial charge in [-0.05, 0) is 73.8 Å². The molecule has 0 saturated heterocycles. The molecule has 0 amide bonds. The summed E-state index contributed by atoms with van der Waals surface area (Å²) in [6.07, 6.45) is 0. The van der Waals surface area contributed by atoms with E-state index in [1.807, 2.05) is 0 Å². The maximum absolute atomic E-state index is 6.95. The highest BCUT2D eigenvalue weighted by molar-refractivity contribution is 8.26. The SMILES string of the molecule is S=P12c3ccc4ccccc4c3Oc3cc(-c4cc5ccccc5c5ccccc45)cc(c31)Oc1c2ccc2ccccc12. The Labute approximate surface area is 259 Å². The quantitative estimate of drug-likeness (QED) is 0.138. The summed E-state index contributed by atoms with van der Waals surface area (Å²) in [5.41, 5.74) is 2.20. The number of benzene rings is 8. The van der Waals surface area contributed by atoms with Gasteiger partial charge in [0, 0.05) is 21.4 Å². The van der Waals surface area contributed by atoms with Gasteiger partial charge in [0.25, 0.3) is 0 Å². The second kappa shape index (κ2) is 8.80. The summed E-state index contributed by atoms with van der Waals surface area (Å²) in [7, 11) is 0. The van der Waals surface area contributed by atoms with E-state index in [4.69, 9.17) is 21.3 Å². The van der Waals surface area contributed by atoms with Crippen molar-refractivity contribution in [3.8, 4) is 34.1 Å². The number of hydrogen-bond donors (Lipinski definition) is 0. The van der Waals surface area contributed by atoms with Crippen molar-refractivity contribution in [1.29, 1.82) is 0 Å². The van der Waals surface area contributed by atoms with Crippen molar-refractivity contribution in [2.45, 2.75) is 0 Å². The first-order chi connectivity index (χ1) is 21.7. The van der Waals surface area contributed by atoms with Gasteiger partial charge in [-0.1, -0.05) is 121 Å². The van der Waals surface area contributed by atoms with Crippen molar-refractivity contribution < 1.29 is 9.47 Å². The van der Waals surface area contributed by atoms with Gasteiger partial charge in [0.05, 0.1) is 11.3 Å². The Balaban J connectivity index is 1.33. The maximum atomic E-state index is 6.95. The van der Waals surface area contributed by atoms with Crippen LogP contribution in [0, 0.1) is 0 Å². The maximum Gasteiger partial charge on any atom is 0.144 e. The Morgan fingerprint density at radius 3 is 1.50 bits per heavy atom. The van der Waals surface area contributed by atoms with Crippen LogP contribution in [0.15, 0.2) is 140 Å². The Hall–Kier alpha value is -4.95. The first-order valence-electron chi connectivity index (χ1n) is 14.8. The normalized spacial score (nSPS) is 14.1. The van der Waals surface area contributed by atoms with Crippen LogP contribution in [0.3, 0.4) is 0 Å². The molecule has 4 heteroatoms. The van der Waals surface area contributed by atoms with E-state index in [0.29, 0.717) is 0 Å². The van der Waals surface area contributed by atoms with Crippen molar-refractivity contribution in [3.63, 3.8) is 0 Å². The predicted octanol–water partition coefficient (Wildman–Crippen LogP) is 9.93. The predicted molar refractivity (Wildman–Crippen MR) is 188 cm³/mol. The first kappa shape index (κ1) is 24.5. The van der Waals surface area contributed by atoms with E-state index in [0.717, 1.165) is 71.6 Å². The fraction of sp³-hybridized carbons (Fsp3) is 0. The van der Waals surface area contributed by atoms with Crippen LogP contribution in [0.1, 0.15) is 0 Å². The second-order valence-electron chi connectivity index (χ2n) is 11.6. The molecule has 0 radical (unpaired) electrons. The zero-order valence-electron chi connectivity index (χ0n) is 23.5. The van der Waals surface area contributed by atoms with Crippen LogP contribution >= 0.6 is 6.04 Å². The summed E-state index contributed by atoms with van der Waals surface area (Å²) in [4.78, 5) is 0. The van der Waals surface area contributed by atoms with Crippen LogP contribution in [-0.2, 0) is 11.8 Å². The average molecular weight is 599 g/mol. The van der Waals surface area contributed by atoms with E-state index in [-0.39, 0.29) is 0 Å². The molecule has 0 atom stereocenters. The molecule has 0 spiro atoms. The molecule has 2 aliphatic rings. The highest BCUT2D eigenvalue weighted by atomic mass is 32.4. The molecule has 206 valence electrons. The van der Waals surface area contributed by atoms with Gasteiger partial charge in [-0.2, -0.15) is 0 Å². The third kappa shape index (κ3) is 3.18. The summed E-state index contributed by atoms with van der Waals surface area (Å²) >= 11 is 6.94. The van der Waals surface area contributed by atoms with Gasteiger partial charge >= 0.3 is 0 Å². The lowest BCUT2D eigenvalue weighted by molar-refractivity contribution is 0.472. The lowest BCUT2D eigenvalue weighted by atomic mass is 9.93. The number of ether oxygens (including phenoxy) is 2. The van der Waals surface area contributed by atoms with E-state index >= 15 is 0 Å². The van der Waals surface area contributed by atoms with E-state index in [9.17, 15) is 0 Å². The highest BCUT2D eigenvalue weighted by Crippen LogP contribution is 2.61. The smallest absolute Gasteiger partial charge is 0.144 e. The fourth-order valence-electron chi connectivity index (χ4n) is 7.26. The largest absolute Gasteiger partial charge is 0.455 e. The molecule has 0 N–H and O–H groups in total. The van der Waals surface area contributed by atoms with E-state index in [1.165, 1.54) is 21.5 Å². The monoisotopic (exact) mass is 598 g/mol. The van der Waals surface area contributed by atoms with E-state index in [2.05, 4.69) is 140 Å². The summed E-state index contributed by atoms with van der Waals surface area (Å²) in [6, 6.07) is 47.0. The second-order valence-corrected chi connectivity index (χ2v) is 15.9. The molecule has 0 aliphatic carbocycles. The number of hydrogen-bond acceptors (Lipinski definition) is 3. The molecule has 0 saturated carbocycles. The summed E-state index contributed by atoms with van der Waals surface area (Å²) < 4.78 is 13.9. The van der Waals surface area contributed by atoms with Crippen molar-refractivity contribution in [1.82, 2.24) is 0 Å².